The molecule has 2 heterocycles. The molecule has 2 aliphatic rings. The van der Waals surface area contributed by atoms with Gasteiger partial charge in [0.25, 0.3) is 0 Å². The molecule has 0 aromatic heterocycles. The zero-order valence-corrected chi connectivity index (χ0v) is 11.4. The van der Waals surface area contributed by atoms with Crippen molar-refractivity contribution < 1.29 is 14.2 Å². The summed E-state index contributed by atoms with van der Waals surface area (Å²) < 4.78 is 16.2. The molecule has 19 heavy (non-hydrogen) atoms. The number of nitrogens with zero attached hydrogens (tertiary/aromatic N) is 1. The van der Waals surface area contributed by atoms with E-state index in [4.69, 9.17) is 19.9 Å². The van der Waals surface area contributed by atoms with Crippen molar-refractivity contribution in [2.45, 2.75) is 32.0 Å². The van der Waals surface area contributed by atoms with E-state index < -0.39 is 0 Å². The summed E-state index contributed by atoms with van der Waals surface area (Å²) in [5.41, 5.74) is 7.23. The fraction of sp³-hybridized carbons (Fsp3) is 0.571. The Labute approximate surface area is 113 Å². The second-order valence-corrected chi connectivity index (χ2v) is 5.20. The van der Waals surface area contributed by atoms with Crippen molar-refractivity contribution in [2.24, 2.45) is 5.73 Å². The zero-order valence-electron chi connectivity index (χ0n) is 11.4. The standard InChI is InChI=1S/C14H20N2O3/c1-9-11(15)3-4-16(9)7-10-5-12(17-2)14-13(6-10)18-8-19-14/h5-6,9,11H,3-4,7-8,15H2,1-2H3. The number of nitrogens with two attached hydrogens (primary N) is 1. The molecule has 1 aromatic rings. The highest BCUT2D eigenvalue weighted by Crippen LogP contribution is 2.42. The van der Waals surface area contributed by atoms with E-state index in [1.807, 2.05) is 12.1 Å². The van der Waals surface area contributed by atoms with Crippen LogP contribution in [-0.4, -0.2) is 37.4 Å². The summed E-state index contributed by atoms with van der Waals surface area (Å²) in [7, 11) is 1.65. The van der Waals surface area contributed by atoms with Crippen LogP contribution in [0.15, 0.2) is 12.1 Å². The molecule has 0 bridgehead atoms. The molecular formula is C14H20N2O3. The van der Waals surface area contributed by atoms with Gasteiger partial charge in [-0.3, -0.25) is 4.90 Å². The van der Waals surface area contributed by atoms with E-state index in [9.17, 15) is 0 Å². The fourth-order valence-electron chi connectivity index (χ4n) is 2.76. The van der Waals surface area contributed by atoms with Crippen LogP contribution in [0.25, 0.3) is 0 Å². The van der Waals surface area contributed by atoms with Crippen LogP contribution in [0, 0.1) is 0 Å². The number of likely N-dealkylation sites (tertiary alicyclic amines) is 1. The Morgan fingerprint density at radius 1 is 1.42 bits per heavy atom. The molecule has 104 valence electrons. The van der Waals surface area contributed by atoms with Crippen molar-refractivity contribution in [3.63, 3.8) is 0 Å². The lowest BCUT2D eigenvalue weighted by atomic mass is 10.1. The monoisotopic (exact) mass is 264 g/mol. The zero-order chi connectivity index (χ0) is 13.4. The average molecular weight is 264 g/mol. The maximum absolute atomic E-state index is 6.06. The predicted octanol–water partition coefficient (Wildman–Crippen LogP) is 1.35. The lowest BCUT2D eigenvalue weighted by Crippen LogP contribution is -2.36. The number of hydrogen-bond donors (Lipinski definition) is 1. The Balaban J connectivity index is 1.82. The highest BCUT2D eigenvalue weighted by molar-refractivity contribution is 5.55. The fourth-order valence-corrected chi connectivity index (χ4v) is 2.76. The smallest absolute Gasteiger partial charge is 0.231 e. The summed E-state index contributed by atoms with van der Waals surface area (Å²) in [5.74, 6) is 2.21. The molecule has 5 heteroatoms. The number of benzene rings is 1. The van der Waals surface area contributed by atoms with E-state index in [2.05, 4.69) is 11.8 Å². The van der Waals surface area contributed by atoms with Crippen molar-refractivity contribution in [1.82, 2.24) is 4.90 Å². The number of ether oxygens (including phenoxy) is 3. The Morgan fingerprint density at radius 2 is 2.26 bits per heavy atom. The van der Waals surface area contributed by atoms with Gasteiger partial charge in [-0.2, -0.15) is 0 Å². The molecular weight excluding hydrogens is 244 g/mol. The van der Waals surface area contributed by atoms with Gasteiger partial charge in [0.05, 0.1) is 7.11 Å². The summed E-state index contributed by atoms with van der Waals surface area (Å²) in [6.07, 6.45) is 1.06. The van der Waals surface area contributed by atoms with Crippen LogP contribution >= 0.6 is 0 Å². The van der Waals surface area contributed by atoms with Crippen LogP contribution in [0.2, 0.25) is 0 Å². The van der Waals surface area contributed by atoms with Gasteiger partial charge in [0.1, 0.15) is 0 Å². The molecule has 1 fully saturated rings. The molecule has 0 radical (unpaired) electrons. The molecule has 1 saturated heterocycles. The number of methoxy groups -OCH3 is 1. The van der Waals surface area contributed by atoms with Crippen LogP contribution in [0.4, 0.5) is 0 Å². The van der Waals surface area contributed by atoms with Crippen LogP contribution in [0.5, 0.6) is 17.2 Å². The Morgan fingerprint density at radius 3 is 2.95 bits per heavy atom. The van der Waals surface area contributed by atoms with Gasteiger partial charge in [-0.05, 0) is 31.0 Å². The Kier molecular flexibility index (Phi) is 3.24. The third kappa shape index (κ3) is 2.24. The predicted molar refractivity (Wildman–Crippen MR) is 71.6 cm³/mol. The summed E-state index contributed by atoms with van der Waals surface area (Å²) in [6, 6.07) is 4.73. The third-order valence-corrected chi connectivity index (χ3v) is 4.05. The van der Waals surface area contributed by atoms with E-state index in [0.29, 0.717) is 11.8 Å². The molecule has 1 aromatic carbocycles. The SMILES string of the molecule is COc1cc(CN2CCC(N)C2C)cc2c1OCO2. The normalized spacial score (nSPS) is 25.8. The van der Waals surface area contributed by atoms with Crippen LogP contribution < -0.4 is 19.9 Å². The Hall–Kier alpha value is -1.46. The first kappa shape index (κ1) is 12.6. The molecule has 2 unspecified atom stereocenters. The molecule has 0 amide bonds. The number of rotatable bonds is 3. The minimum atomic E-state index is 0.264. The molecule has 0 spiro atoms. The Bertz CT molecular complexity index is 478. The average Bonchev–Trinajstić information content (AvgIpc) is 2.99. The van der Waals surface area contributed by atoms with Gasteiger partial charge in [-0.15, -0.1) is 0 Å². The second kappa shape index (κ2) is 4.90. The number of fused-ring (bicyclic) bond motifs is 1. The second-order valence-electron chi connectivity index (χ2n) is 5.20. The largest absolute Gasteiger partial charge is 0.493 e. The molecule has 3 rings (SSSR count). The highest BCUT2D eigenvalue weighted by Gasteiger charge is 2.28. The highest BCUT2D eigenvalue weighted by atomic mass is 16.7. The first-order chi connectivity index (χ1) is 9.19. The van der Waals surface area contributed by atoms with E-state index in [-0.39, 0.29) is 12.8 Å². The molecule has 0 aliphatic carbocycles. The topological polar surface area (TPSA) is 57.0 Å². The number of hydrogen-bond acceptors (Lipinski definition) is 5. The van der Waals surface area contributed by atoms with Crippen molar-refractivity contribution in [3.8, 4) is 17.2 Å². The van der Waals surface area contributed by atoms with Crippen LogP contribution in [0.1, 0.15) is 18.9 Å². The third-order valence-electron chi connectivity index (χ3n) is 4.05. The lowest BCUT2D eigenvalue weighted by Gasteiger charge is -2.23. The van der Waals surface area contributed by atoms with E-state index in [1.165, 1.54) is 5.56 Å². The van der Waals surface area contributed by atoms with Gasteiger partial charge in [0, 0.05) is 25.2 Å². The molecule has 5 nitrogen and oxygen atoms in total. The molecule has 0 saturated carbocycles. The first-order valence-corrected chi connectivity index (χ1v) is 6.65. The van der Waals surface area contributed by atoms with Gasteiger partial charge < -0.3 is 19.9 Å². The summed E-state index contributed by atoms with van der Waals surface area (Å²) >= 11 is 0. The van der Waals surface area contributed by atoms with Crippen molar-refractivity contribution >= 4 is 0 Å². The van der Waals surface area contributed by atoms with Crippen LogP contribution in [-0.2, 0) is 6.54 Å². The molecule has 2 atom stereocenters. The lowest BCUT2D eigenvalue weighted by molar-refractivity contribution is 0.171. The molecule has 2 aliphatic heterocycles. The minimum absolute atomic E-state index is 0.264. The van der Waals surface area contributed by atoms with Gasteiger partial charge in [0.15, 0.2) is 11.5 Å². The van der Waals surface area contributed by atoms with Gasteiger partial charge in [0.2, 0.25) is 12.5 Å². The van der Waals surface area contributed by atoms with E-state index >= 15 is 0 Å². The summed E-state index contributed by atoms with van der Waals surface area (Å²) in [6.45, 7) is 4.35. The summed E-state index contributed by atoms with van der Waals surface area (Å²) in [4.78, 5) is 2.39. The van der Waals surface area contributed by atoms with Crippen molar-refractivity contribution in [2.75, 3.05) is 20.4 Å². The minimum Gasteiger partial charge on any atom is -0.493 e. The van der Waals surface area contributed by atoms with E-state index in [1.54, 1.807) is 7.11 Å². The van der Waals surface area contributed by atoms with Gasteiger partial charge in [-0.25, -0.2) is 0 Å². The quantitative estimate of drug-likeness (QED) is 0.893. The molecule has 2 N–H and O–H groups in total. The summed E-state index contributed by atoms with van der Waals surface area (Å²) in [5, 5.41) is 0. The first-order valence-electron chi connectivity index (χ1n) is 6.65. The van der Waals surface area contributed by atoms with E-state index in [0.717, 1.165) is 31.0 Å². The maximum atomic E-state index is 6.06. The van der Waals surface area contributed by atoms with Crippen molar-refractivity contribution in [3.05, 3.63) is 17.7 Å². The van der Waals surface area contributed by atoms with Gasteiger partial charge in [-0.1, -0.05) is 0 Å². The maximum Gasteiger partial charge on any atom is 0.231 e. The van der Waals surface area contributed by atoms with Gasteiger partial charge >= 0.3 is 0 Å². The van der Waals surface area contributed by atoms with Crippen molar-refractivity contribution in [1.29, 1.82) is 0 Å². The van der Waals surface area contributed by atoms with Crippen LogP contribution in [0.3, 0.4) is 0 Å².